The molecule has 1 nitrogen and oxygen atoms in total. The van der Waals surface area contributed by atoms with Crippen molar-refractivity contribution in [1.82, 2.24) is 0 Å². The Kier molecular flexibility index (Phi) is 12.5. The van der Waals surface area contributed by atoms with Gasteiger partial charge in [-0.15, -0.1) is 0 Å². The fourth-order valence-electron chi connectivity index (χ4n) is 7.16. The molecule has 0 aliphatic heterocycles. The molecular formula is C40H59Cl2OTi-. The van der Waals surface area contributed by atoms with E-state index in [1.807, 2.05) is 0 Å². The summed E-state index contributed by atoms with van der Waals surface area (Å²) < 4.78 is 0. The van der Waals surface area contributed by atoms with Crippen LogP contribution in [-0.4, -0.2) is 5.11 Å². The maximum absolute atomic E-state index is 12.1. The van der Waals surface area contributed by atoms with Crippen molar-refractivity contribution in [1.29, 1.82) is 0 Å². The van der Waals surface area contributed by atoms with Crippen LogP contribution in [0.5, 0.6) is 5.75 Å². The first kappa shape index (κ1) is 39.2. The third-order valence-corrected chi connectivity index (χ3v) is 9.58. The molecule has 1 aromatic rings. The summed E-state index contributed by atoms with van der Waals surface area (Å²) in [6, 6.07) is 4.57. The molecule has 4 rings (SSSR count). The Hall–Kier alpha value is -0.986. The quantitative estimate of drug-likeness (QED) is 0.245. The van der Waals surface area contributed by atoms with Crippen molar-refractivity contribution in [2.75, 3.05) is 0 Å². The summed E-state index contributed by atoms with van der Waals surface area (Å²) in [6.07, 6.45) is 15.0. The summed E-state index contributed by atoms with van der Waals surface area (Å²) in [7, 11) is 9.78. The Morgan fingerprint density at radius 1 is 0.659 bits per heavy atom. The predicted molar refractivity (Wildman–Crippen MR) is 193 cm³/mol. The van der Waals surface area contributed by atoms with Crippen LogP contribution in [0.4, 0.5) is 0 Å². The third kappa shape index (κ3) is 8.29. The van der Waals surface area contributed by atoms with Crippen molar-refractivity contribution in [2.45, 2.75) is 108 Å². The average molecular weight is 675 g/mol. The van der Waals surface area contributed by atoms with Crippen LogP contribution in [0.1, 0.15) is 114 Å². The molecule has 3 aliphatic carbocycles. The number of phenolic OH excluding ortho intramolecular Hbond substituents is 1. The van der Waals surface area contributed by atoms with Crippen LogP contribution in [0.15, 0.2) is 65.3 Å². The van der Waals surface area contributed by atoms with Crippen molar-refractivity contribution in [3.8, 4) is 5.75 Å². The van der Waals surface area contributed by atoms with E-state index in [0.717, 1.165) is 11.1 Å². The molecule has 44 heavy (non-hydrogen) atoms. The summed E-state index contributed by atoms with van der Waals surface area (Å²) in [6.45, 7) is 32.0. The number of benzene rings is 1. The van der Waals surface area contributed by atoms with Crippen molar-refractivity contribution in [3.05, 3.63) is 89.4 Å². The molecule has 1 saturated carbocycles. The molecule has 1 N–H and O–H groups in total. The average Bonchev–Trinajstić information content (AvgIpc) is 3.16. The number of phenols is 1. The molecule has 1 aromatic carbocycles. The zero-order valence-electron chi connectivity index (χ0n) is 30.2. The molecule has 0 spiro atoms. The number of aromatic hydroxyl groups is 1. The van der Waals surface area contributed by atoms with Gasteiger partial charge in [0.1, 0.15) is 5.75 Å². The molecule has 0 saturated heterocycles. The first-order valence-corrected chi connectivity index (χ1v) is 20.2. The Bertz CT molecular complexity index is 1290. The van der Waals surface area contributed by atoms with Crippen LogP contribution < -0.4 is 0 Å². The van der Waals surface area contributed by atoms with E-state index >= 15 is 0 Å². The van der Waals surface area contributed by atoms with E-state index in [1.165, 1.54) is 27.9 Å². The van der Waals surface area contributed by atoms with Crippen molar-refractivity contribution in [2.24, 2.45) is 40.4 Å². The summed E-state index contributed by atoms with van der Waals surface area (Å²) in [5, 5.41) is 12.1. The van der Waals surface area contributed by atoms with Crippen molar-refractivity contribution in [3.63, 3.8) is 0 Å². The number of hydrogen-bond donors (Lipinski definition) is 1. The topological polar surface area (TPSA) is 20.2 Å². The van der Waals surface area contributed by atoms with Gasteiger partial charge in [-0.3, -0.25) is 0 Å². The number of hydrogen-bond acceptors (Lipinski definition) is 1. The van der Waals surface area contributed by atoms with Crippen molar-refractivity contribution < 1.29 is 22.1 Å². The van der Waals surface area contributed by atoms with Gasteiger partial charge in [0, 0.05) is 11.1 Å². The van der Waals surface area contributed by atoms with E-state index in [-0.39, 0.29) is 29.1 Å². The van der Waals surface area contributed by atoms with Crippen LogP contribution in [0.2, 0.25) is 0 Å². The van der Waals surface area contributed by atoms with Crippen LogP contribution in [0, 0.1) is 47.8 Å². The molecule has 3 aliphatic rings. The summed E-state index contributed by atoms with van der Waals surface area (Å²) >= 11 is -0.556. The first-order chi connectivity index (χ1) is 19.5. The van der Waals surface area contributed by atoms with E-state index in [9.17, 15) is 5.11 Å². The van der Waals surface area contributed by atoms with Crippen LogP contribution >= 0.6 is 18.6 Å². The Labute approximate surface area is 288 Å². The van der Waals surface area contributed by atoms with Gasteiger partial charge in [0.2, 0.25) is 0 Å². The summed E-state index contributed by atoms with van der Waals surface area (Å²) in [5.74, 6) is 2.44. The molecule has 4 unspecified atom stereocenters. The molecular weight excluding hydrogens is 615 g/mol. The minimum atomic E-state index is -0.556. The second kappa shape index (κ2) is 14.0. The molecule has 0 bridgehead atoms. The van der Waals surface area contributed by atoms with Gasteiger partial charge in [-0.2, -0.15) is 0 Å². The molecule has 0 amide bonds. The zero-order valence-corrected chi connectivity index (χ0v) is 33.3. The summed E-state index contributed by atoms with van der Waals surface area (Å²) in [4.78, 5) is 0. The Morgan fingerprint density at radius 3 is 1.39 bits per heavy atom. The monoisotopic (exact) mass is 673 g/mol. The fourth-order valence-corrected chi connectivity index (χ4v) is 7.16. The van der Waals surface area contributed by atoms with Gasteiger partial charge in [0.15, 0.2) is 0 Å². The van der Waals surface area contributed by atoms with Crippen LogP contribution in [-0.2, 0) is 27.9 Å². The van der Waals surface area contributed by atoms with E-state index in [2.05, 4.69) is 146 Å². The predicted octanol–water partition coefficient (Wildman–Crippen LogP) is 12.8. The third-order valence-electron chi connectivity index (χ3n) is 9.58. The van der Waals surface area contributed by atoms with Crippen molar-refractivity contribution >= 4 is 24.2 Å². The van der Waals surface area contributed by atoms with Crippen LogP contribution in [0.25, 0.3) is 5.57 Å². The SMILES string of the molecule is CC(C)=C(c1cc(C(C)(C)C)cc(C(C)(C)C)c1O)C1C2C=C(C(C)(C)C)C=CC2C2C=CC(C(C)(C)C)=CC21.[CH3-].[Cl][Ti][Cl]. The van der Waals surface area contributed by atoms with Gasteiger partial charge in [-0.25, -0.2) is 0 Å². The molecule has 244 valence electrons. The number of rotatable bonds is 2. The van der Waals surface area contributed by atoms with Gasteiger partial charge in [-0.1, -0.05) is 131 Å². The number of halogens is 2. The Balaban J connectivity index is 0.00000162. The number of fused-ring (bicyclic) bond motifs is 3. The molecule has 4 heteroatoms. The minimum absolute atomic E-state index is 0. The normalized spacial score (nSPS) is 24.6. The van der Waals surface area contributed by atoms with E-state index < -0.39 is 17.0 Å². The molecule has 0 aromatic heterocycles. The second-order valence-corrected chi connectivity index (χ2v) is 19.8. The molecule has 4 atom stereocenters. The Morgan fingerprint density at radius 2 is 1.07 bits per heavy atom. The van der Waals surface area contributed by atoms with E-state index in [1.54, 1.807) is 0 Å². The van der Waals surface area contributed by atoms with Gasteiger partial charge < -0.3 is 12.5 Å². The zero-order chi connectivity index (χ0) is 32.9. The van der Waals surface area contributed by atoms with Gasteiger partial charge >= 0.3 is 35.6 Å². The number of allylic oxidation sites excluding steroid dienone is 10. The van der Waals surface area contributed by atoms with Gasteiger partial charge in [-0.05, 0) is 93.4 Å². The molecule has 0 radical (unpaired) electrons. The van der Waals surface area contributed by atoms with Crippen LogP contribution in [0.3, 0.4) is 0 Å². The van der Waals surface area contributed by atoms with Gasteiger partial charge in [0.05, 0.1) is 0 Å². The van der Waals surface area contributed by atoms with E-state index in [4.69, 9.17) is 18.6 Å². The standard InChI is InChI=1S/C39H56O.CH3.2ClH.Ti/c1-23(2)33(31-21-26(38(9,10)11)22-32(35(31)40)39(12,13)14)34-29-19-24(36(3,4)5)15-17-27(29)28-18-16-25(20-30(28)34)37(6,7)8;;;;/h15-22,27-30,34,40H,1-14H3;1H3;2*1H;/q;-1;;;+2/p-2. The fraction of sp³-hybridized carbons (Fsp3) is 0.575. The first-order valence-electron chi connectivity index (χ1n) is 15.9. The van der Waals surface area contributed by atoms with Gasteiger partial charge in [0.25, 0.3) is 0 Å². The second-order valence-electron chi connectivity index (χ2n) is 17.2. The maximum atomic E-state index is 12.1. The molecule has 1 fully saturated rings. The van der Waals surface area contributed by atoms with E-state index in [0.29, 0.717) is 35.3 Å². The summed E-state index contributed by atoms with van der Waals surface area (Å²) in [5.41, 5.74) is 8.91. The molecule has 0 heterocycles.